The Morgan fingerprint density at radius 2 is 2.14 bits per heavy atom. The van der Waals surface area contributed by atoms with Crippen molar-refractivity contribution in [2.45, 2.75) is 38.3 Å². The molecular formula is C11H18N6O5. The van der Waals surface area contributed by atoms with Crippen molar-refractivity contribution in [3.8, 4) is 0 Å². The lowest BCUT2D eigenvalue weighted by molar-refractivity contribution is -0.385. The summed E-state index contributed by atoms with van der Waals surface area (Å²) in [5, 5.41) is 22.9. The number of aromatic nitrogens is 2. The molecule has 11 heteroatoms. The highest BCUT2D eigenvalue weighted by molar-refractivity contribution is 5.65. The van der Waals surface area contributed by atoms with Gasteiger partial charge in [0.15, 0.2) is 0 Å². The molecule has 0 saturated heterocycles. The standard InChI is InChI=1S/C11H18N6O5/c1-3-11(4-2,6(5-18)16-20)15-8-7(17(21)22)9(19)14-10(12)13-8/h5-6,16,20H,3-4H2,1-2H3,(H4,12,13,14,15,19). The number of nitrogens with two attached hydrogens (primary N) is 1. The molecule has 6 N–H and O–H groups in total. The summed E-state index contributed by atoms with van der Waals surface area (Å²) in [5.41, 5.74) is 4.34. The number of hydroxylamine groups is 1. The van der Waals surface area contributed by atoms with Gasteiger partial charge >= 0.3 is 11.2 Å². The van der Waals surface area contributed by atoms with E-state index in [4.69, 9.17) is 10.9 Å². The maximum absolute atomic E-state index is 11.7. The highest BCUT2D eigenvalue weighted by atomic mass is 16.6. The first-order valence-electron chi connectivity index (χ1n) is 6.52. The zero-order chi connectivity index (χ0) is 16.9. The second kappa shape index (κ2) is 6.95. The second-order valence-electron chi connectivity index (χ2n) is 4.64. The average molecular weight is 314 g/mol. The van der Waals surface area contributed by atoms with E-state index < -0.39 is 27.8 Å². The summed E-state index contributed by atoms with van der Waals surface area (Å²) < 4.78 is 0. The zero-order valence-electron chi connectivity index (χ0n) is 12.1. The van der Waals surface area contributed by atoms with E-state index in [9.17, 15) is 19.7 Å². The molecule has 0 aliphatic carbocycles. The first-order valence-corrected chi connectivity index (χ1v) is 6.52. The number of carbonyl (C=O) groups excluding carboxylic acids is 1. The summed E-state index contributed by atoms with van der Waals surface area (Å²) in [4.78, 5) is 38.7. The lowest BCUT2D eigenvalue weighted by Gasteiger charge is -2.37. The molecule has 1 aromatic rings. The molecule has 0 fully saturated rings. The van der Waals surface area contributed by atoms with Gasteiger partial charge in [-0.05, 0) is 12.8 Å². The molecule has 0 spiro atoms. The maximum atomic E-state index is 11.7. The summed E-state index contributed by atoms with van der Waals surface area (Å²) in [6.45, 7) is 3.43. The number of nitro groups is 1. The lowest BCUT2D eigenvalue weighted by Crippen LogP contribution is -2.55. The Morgan fingerprint density at radius 3 is 2.55 bits per heavy atom. The third-order valence-electron chi connectivity index (χ3n) is 3.60. The Bertz CT molecular complexity index is 611. The van der Waals surface area contributed by atoms with Gasteiger partial charge in [-0.25, -0.2) is 0 Å². The number of aromatic amines is 1. The number of nitrogens with one attached hydrogen (secondary N) is 3. The Morgan fingerprint density at radius 1 is 1.55 bits per heavy atom. The summed E-state index contributed by atoms with van der Waals surface area (Å²) >= 11 is 0. The van der Waals surface area contributed by atoms with E-state index in [0.717, 1.165) is 0 Å². The van der Waals surface area contributed by atoms with Crippen LogP contribution in [0, 0.1) is 10.1 Å². The van der Waals surface area contributed by atoms with Gasteiger partial charge in [-0.2, -0.15) is 10.5 Å². The van der Waals surface area contributed by atoms with E-state index in [1.807, 2.05) is 10.5 Å². The minimum atomic E-state index is -1.09. The summed E-state index contributed by atoms with van der Waals surface area (Å²) in [5.74, 6) is -0.670. The minimum absolute atomic E-state index is 0.307. The molecular weight excluding hydrogens is 296 g/mol. The first-order chi connectivity index (χ1) is 10.3. The van der Waals surface area contributed by atoms with Crippen molar-refractivity contribution < 1.29 is 14.9 Å². The van der Waals surface area contributed by atoms with Gasteiger partial charge in [-0.1, -0.05) is 13.8 Å². The minimum Gasteiger partial charge on any atom is -0.369 e. The fourth-order valence-corrected chi connectivity index (χ4v) is 2.21. The smallest absolute Gasteiger partial charge is 0.369 e. The van der Waals surface area contributed by atoms with Crippen molar-refractivity contribution in [2.24, 2.45) is 0 Å². The van der Waals surface area contributed by atoms with Gasteiger partial charge in [0.1, 0.15) is 12.3 Å². The highest BCUT2D eigenvalue weighted by Crippen LogP contribution is 2.28. The fourth-order valence-electron chi connectivity index (χ4n) is 2.21. The molecule has 1 atom stereocenters. The van der Waals surface area contributed by atoms with Crippen LogP contribution in [0.15, 0.2) is 4.79 Å². The molecule has 122 valence electrons. The van der Waals surface area contributed by atoms with Crippen molar-refractivity contribution in [1.82, 2.24) is 15.4 Å². The Balaban J connectivity index is 3.45. The van der Waals surface area contributed by atoms with E-state index in [0.29, 0.717) is 19.1 Å². The quantitative estimate of drug-likeness (QED) is 0.246. The number of rotatable bonds is 8. The molecule has 0 bridgehead atoms. The van der Waals surface area contributed by atoms with Crippen molar-refractivity contribution in [1.29, 1.82) is 0 Å². The third kappa shape index (κ3) is 3.20. The largest absolute Gasteiger partial charge is 0.375 e. The average Bonchev–Trinajstić information content (AvgIpc) is 2.45. The molecule has 1 rings (SSSR count). The van der Waals surface area contributed by atoms with Gasteiger partial charge in [0.05, 0.1) is 10.5 Å². The Kier molecular flexibility index (Phi) is 5.54. The van der Waals surface area contributed by atoms with E-state index in [-0.39, 0.29) is 11.8 Å². The second-order valence-corrected chi connectivity index (χ2v) is 4.64. The number of anilines is 2. The van der Waals surface area contributed by atoms with Gasteiger partial charge in [0.25, 0.3) is 0 Å². The van der Waals surface area contributed by atoms with Crippen LogP contribution in [-0.2, 0) is 4.79 Å². The van der Waals surface area contributed by atoms with Crippen molar-refractivity contribution in [3.63, 3.8) is 0 Å². The molecule has 0 aromatic carbocycles. The van der Waals surface area contributed by atoms with Crippen LogP contribution in [0.3, 0.4) is 0 Å². The number of nitrogens with zero attached hydrogens (tertiary/aromatic N) is 2. The lowest BCUT2D eigenvalue weighted by atomic mass is 9.85. The molecule has 11 nitrogen and oxygen atoms in total. The topological polar surface area (TPSA) is 176 Å². The van der Waals surface area contributed by atoms with Crippen LogP contribution in [0.25, 0.3) is 0 Å². The fraction of sp³-hybridized carbons (Fsp3) is 0.545. The number of hydrogen-bond donors (Lipinski definition) is 5. The molecule has 0 saturated carbocycles. The van der Waals surface area contributed by atoms with Gasteiger partial charge in [0, 0.05) is 0 Å². The van der Waals surface area contributed by atoms with Crippen LogP contribution in [0.2, 0.25) is 0 Å². The summed E-state index contributed by atoms with van der Waals surface area (Å²) in [6, 6.07) is -1.07. The number of nitrogen functional groups attached to an aromatic ring is 1. The van der Waals surface area contributed by atoms with Crippen LogP contribution >= 0.6 is 0 Å². The summed E-state index contributed by atoms with van der Waals surface area (Å²) in [7, 11) is 0. The van der Waals surface area contributed by atoms with Crippen molar-refractivity contribution in [2.75, 3.05) is 11.1 Å². The van der Waals surface area contributed by atoms with Gasteiger partial charge in [-0.3, -0.25) is 19.9 Å². The number of H-pyrrole nitrogens is 1. The van der Waals surface area contributed by atoms with Crippen LogP contribution in [0.4, 0.5) is 17.5 Å². The van der Waals surface area contributed by atoms with Crippen molar-refractivity contribution in [3.05, 3.63) is 20.5 Å². The normalized spacial score (nSPS) is 12.7. The Hall–Kier alpha value is -2.53. The molecule has 0 radical (unpaired) electrons. The Labute approximate surface area is 125 Å². The first kappa shape index (κ1) is 17.5. The van der Waals surface area contributed by atoms with Crippen molar-refractivity contribution >= 4 is 23.7 Å². The van der Waals surface area contributed by atoms with Gasteiger partial charge in [-0.15, -0.1) is 0 Å². The number of aldehydes is 1. The predicted octanol–water partition coefficient (Wildman–Crippen LogP) is -0.223. The van der Waals surface area contributed by atoms with E-state index in [1.54, 1.807) is 13.8 Å². The van der Waals surface area contributed by atoms with E-state index >= 15 is 0 Å². The number of hydrogen-bond acceptors (Lipinski definition) is 9. The molecule has 22 heavy (non-hydrogen) atoms. The molecule has 1 unspecified atom stereocenters. The molecule has 1 heterocycles. The third-order valence-corrected chi connectivity index (χ3v) is 3.60. The van der Waals surface area contributed by atoms with Crippen LogP contribution < -0.4 is 22.1 Å². The van der Waals surface area contributed by atoms with Crippen LogP contribution in [0.5, 0.6) is 0 Å². The molecule has 0 amide bonds. The van der Waals surface area contributed by atoms with Gasteiger partial charge < -0.3 is 21.1 Å². The monoisotopic (exact) mass is 314 g/mol. The number of carbonyl (C=O) groups is 1. The maximum Gasteiger partial charge on any atom is 0.375 e. The van der Waals surface area contributed by atoms with E-state index in [1.165, 1.54) is 0 Å². The zero-order valence-corrected chi connectivity index (χ0v) is 12.1. The van der Waals surface area contributed by atoms with Crippen LogP contribution in [-0.4, -0.2) is 38.0 Å². The highest BCUT2D eigenvalue weighted by Gasteiger charge is 2.38. The molecule has 1 aromatic heterocycles. The predicted molar refractivity (Wildman–Crippen MR) is 77.6 cm³/mol. The van der Waals surface area contributed by atoms with Crippen LogP contribution in [0.1, 0.15) is 26.7 Å². The molecule has 0 aliphatic rings. The SMILES string of the molecule is CCC(CC)(Nc1nc(N)[nH]c(=O)c1[N+](=O)[O-])C(C=O)NO. The van der Waals surface area contributed by atoms with Gasteiger partial charge in [0.2, 0.25) is 11.8 Å². The summed E-state index contributed by atoms with van der Waals surface area (Å²) in [6.07, 6.45) is 1.08. The van der Waals surface area contributed by atoms with E-state index in [2.05, 4.69) is 10.3 Å². The molecule has 0 aliphatic heterocycles.